The molecular weight excluding hydrogens is 441 g/mol. The molecule has 7 nitrogen and oxygen atoms in total. The number of para-hydroxylation sites is 1. The summed E-state index contributed by atoms with van der Waals surface area (Å²) in [5.74, 6) is -1.49. The lowest BCUT2D eigenvalue weighted by Gasteiger charge is -2.26. The molecule has 0 spiro atoms. The topological polar surface area (TPSA) is 86.8 Å². The zero-order chi connectivity index (χ0) is 22.6. The number of thioether (sulfide) groups is 1. The monoisotopic (exact) mass is 465 g/mol. The molecule has 2 amide bonds. The van der Waals surface area contributed by atoms with Crippen molar-refractivity contribution in [3.05, 3.63) is 53.8 Å². The minimum absolute atomic E-state index is 0.00993. The first kappa shape index (κ1) is 23.2. The van der Waals surface area contributed by atoms with Crippen LogP contribution < -0.4 is 5.32 Å². The molecule has 2 aromatic rings. The van der Waals surface area contributed by atoms with Crippen molar-refractivity contribution in [2.75, 3.05) is 32.5 Å². The number of nitrogens with one attached hydrogen (secondary N) is 1. The van der Waals surface area contributed by atoms with Crippen molar-refractivity contribution < 1.29 is 22.4 Å². The summed E-state index contributed by atoms with van der Waals surface area (Å²) >= 11 is 0.954. The second kappa shape index (κ2) is 9.80. The van der Waals surface area contributed by atoms with E-state index >= 15 is 0 Å². The average molecular weight is 466 g/mol. The molecule has 1 N–H and O–H groups in total. The molecule has 166 valence electrons. The SMILES string of the molecule is CN(C)C(=O)Sc1ccccc1NC(=O)c1ccc(F)c(S(=O)(=O)N2CCCCC2)c1. The summed E-state index contributed by atoms with van der Waals surface area (Å²) < 4.78 is 41.4. The summed E-state index contributed by atoms with van der Waals surface area (Å²) in [5, 5.41) is 2.48. The third kappa shape index (κ3) is 5.44. The summed E-state index contributed by atoms with van der Waals surface area (Å²) in [6.07, 6.45) is 2.38. The smallest absolute Gasteiger partial charge is 0.286 e. The minimum Gasteiger partial charge on any atom is -0.339 e. The van der Waals surface area contributed by atoms with Gasteiger partial charge in [0, 0.05) is 37.6 Å². The van der Waals surface area contributed by atoms with Gasteiger partial charge < -0.3 is 10.2 Å². The highest BCUT2D eigenvalue weighted by atomic mass is 32.2. The van der Waals surface area contributed by atoms with Crippen molar-refractivity contribution in [2.24, 2.45) is 0 Å². The molecule has 3 rings (SSSR count). The van der Waals surface area contributed by atoms with Gasteiger partial charge in [-0.15, -0.1) is 0 Å². The molecule has 0 atom stereocenters. The molecular formula is C21H24FN3O4S2. The minimum atomic E-state index is -4.03. The number of sulfonamides is 1. The summed E-state index contributed by atoms with van der Waals surface area (Å²) in [4.78, 5) is 26.3. The van der Waals surface area contributed by atoms with Crippen molar-refractivity contribution in [2.45, 2.75) is 29.1 Å². The van der Waals surface area contributed by atoms with E-state index in [1.165, 1.54) is 15.3 Å². The van der Waals surface area contributed by atoms with Crippen molar-refractivity contribution in [1.82, 2.24) is 9.21 Å². The second-order valence-corrected chi connectivity index (χ2v) is 10.2. The molecule has 1 saturated heterocycles. The van der Waals surface area contributed by atoms with Crippen LogP contribution in [-0.2, 0) is 10.0 Å². The first-order valence-corrected chi connectivity index (χ1v) is 12.0. The Morgan fingerprint density at radius 2 is 1.74 bits per heavy atom. The predicted octanol–water partition coefficient (Wildman–Crippen LogP) is 4.03. The lowest BCUT2D eigenvalue weighted by Crippen LogP contribution is -2.36. The predicted molar refractivity (Wildman–Crippen MR) is 118 cm³/mol. The largest absolute Gasteiger partial charge is 0.339 e. The normalized spacial score (nSPS) is 14.8. The Hall–Kier alpha value is -2.43. The van der Waals surface area contributed by atoms with Crippen LogP contribution in [0.15, 0.2) is 52.3 Å². The Morgan fingerprint density at radius 1 is 1.06 bits per heavy atom. The number of nitrogens with zero attached hydrogens (tertiary/aromatic N) is 2. The van der Waals surface area contributed by atoms with E-state index in [1.54, 1.807) is 38.4 Å². The van der Waals surface area contributed by atoms with Crippen LogP contribution in [0.1, 0.15) is 29.6 Å². The maximum Gasteiger partial charge on any atom is 0.286 e. The first-order valence-electron chi connectivity index (χ1n) is 9.79. The van der Waals surface area contributed by atoms with E-state index in [-0.39, 0.29) is 10.8 Å². The van der Waals surface area contributed by atoms with E-state index in [9.17, 15) is 22.4 Å². The third-order valence-electron chi connectivity index (χ3n) is 4.82. The number of carbonyl (C=O) groups is 2. The van der Waals surface area contributed by atoms with Crippen LogP contribution in [0.2, 0.25) is 0 Å². The maximum atomic E-state index is 14.4. The molecule has 1 aliphatic rings. The summed E-state index contributed by atoms with van der Waals surface area (Å²) in [7, 11) is -0.782. The van der Waals surface area contributed by atoms with Gasteiger partial charge in [-0.1, -0.05) is 18.6 Å². The Labute approximate surface area is 185 Å². The highest BCUT2D eigenvalue weighted by Gasteiger charge is 2.29. The highest BCUT2D eigenvalue weighted by Crippen LogP contribution is 2.29. The van der Waals surface area contributed by atoms with E-state index < -0.39 is 26.6 Å². The van der Waals surface area contributed by atoms with Crippen molar-refractivity contribution in [3.8, 4) is 0 Å². The second-order valence-electron chi connectivity index (χ2n) is 7.32. The molecule has 0 unspecified atom stereocenters. The van der Waals surface area contributed by atoms with Crippen LogP contribution in [0, 0.1) is 5.82 Å². The zero-order valence-corrected chi connectivity index (χ0v) is 18.9. The van der Waals surface area contributed by atoms with Crippen LogP contribution in [0.3, 0.4) is 0 Å². The van der Waals surface area contributed by atoms with Crippen LogP contribution in [0.5, 0.6) is 0 Å². The van der Waals surface area contributed by atoms with Gasteiger partial charge in [-0.05, 0) is 54.9 Å². The Balaban J connectivity index is 1.86. The van der Waals surface area contributed by atoms with Crippen LogP contribution in [-0.4, -0.2) is 56.0 Å². The van der Waals surface area contributed by atoms with Gasteiger partial charge in [0.25, 0.3) is 11.1 Å². The number of piperidine rings is 1. The summed E-state index contributed by atoms with van der Waals surface area (Å²) in [6, 6.07) is 10.1. The fraction of sp³-hybridized carbons (Fsp3) is 0.333. The van der Waals surface area contributed by atoms with E-state index in [2.05, 4.69) is 5.32 Å². The summed E-state index contributed by atoms with van der Waals surface area (Å²) in [5.41, 5.74) is 0.410. The van der Waals surface area contributed by atoms with E-state index in [0.29, 0.717) is 23.7 Å². The van der Waals surface area contributed by atoms with E-state index in [0.717, 1.165) is 43.2 Å². The maximum absolute atomic E-state index is 14.4. The van der Waals surface area contributed by atoms with Gasteiger partial charge in [0.1, 0.15) is 10.7 Å². The summed E-state index contributed by atoms with van der Waals surface area (Å²) in [6.45, 7) is 0.672. The van der Waals surface area contributed by atoms with Crippen LogP contribution in [0.4, 0.5) is 14.9 Å². The van der Waals surface area contributed by atoms with Gasteiger partial charge >= 0.3 is 0 Å². The van der Waals surface area contributed by atoms with Crippen molar-refractivity contribution in [1.29, 1.82) is 0 Å². The number of carbonyl (C=O) groups excluding carboxylic acids is 2. The number of hydrogen-bond acceptors (Lipinski definition) is 5. The number of hydrogen-bond donors (Lipinski definition) is 1. The van der Waals surface area contributed by atoms with E-state index in [1.807, 2.05) is 0 Å². The standard InChI is InChI=1S/C21H24FN3O4S2/c1-24(2)21(27)30-18-9-5-4-8-17(18)23-20(26)15-10-11-16(22)19(14-15)31(28,29)25-12-6-3-7-13-25/h4-5,8-11,14H,3,6-7,12-13H2,1-2H3,(H,23,26). The van der Waals surface area contributed by atoms with Gasteiger partial charge in [0.2, 0.25) is 10.0 Å². The molecule has 31 heavy (non-hydrogen) atoms. The van der Waals surface area contributed by atoms with E-state index in [4.69, 9.17) is 0 Å². The number of anilines is 1. The number of rotatable bonds is 5. The Kier molecular flexibility index (Phi) is 7.34. The molecule has 0 saturated carbocycles. The Bertz CT molecular complexity index is 1080. The fourth-order valence-corrected chi connectivity index (χ4v) is 5.48. The molecule has 1 heterocycles. The molecule has 10 heteroatoms. The fourth-order valence-electron chi connectivity index (χ4n) is 3.13. The number of halogens is 1. The van der Waals surface area contributed by atoms with Crippen molar-refractivity contribution >= 4 is 38.6 Å². The third-order valence-corrected chi connectivity index (χ3v) is 7.85. The van der Waals surface area contributed by atoms with Gasteiger partial charge in [-0.3, -0.25) is 9.59 Å². The molecule has 0 aromatic heterocycles. The average Bonchev–Trinajstić information content (AvgIpc) is 2.75. The number of amides is 2. The molecule has 0 radical (unpaired) electrons. The lowest BCUT2D eigenvalue weighted by atomic mass is 10.2. The van der Waals surface area contributed by atoms with Crippen LogP contribution in [0.25, 0.3) is 0 Å². The van der Waals surface area contributed by atoms with Crippen LogP contribution >= 0.6 is 11.8 Å². The molecule has 0 bridgehead atoms. The first-order chi connectivity index (χ1) is 14.7. The van der Waals surface area contributed by atoms with Gasteiger partial charge in [0.15, 0.2) is 0 Å². The van der Waals surface area contributed by atoms with Gasteiger partial charge in [-0.25, -0.2) is 12.8 Å². The van der Waals surface area contributed by atoms with Crippen molar-refractivity contribution in [3.63, 3.8) is 0 Å². The molecule has 1 fully saturated rings. The molecule has 1 aliphatic heterocycles. The molecule has 2 aromatic carbocycles. The van der Waals surface area contributed by atoms with Gasteiger partial charge in [-0.2, -0.15) is 4.31 Å². The Morgan fingerprint density at radius 3 is 2.42 bits per heavy atom. The van der Waals surface area contributed by atoms with Gasteiger partial charge in [0.05, 0.1) is 5.69 Å². The number of benzene rings is 2. The quantitative estimate of drug-likeness (QED) is 0.674. The zero-order valence-electron chi connectivity index (χ0n) is 17.3. The lowest BCUT2D eigenvalue weighted by molar-refractivity contribution is 0.102. The highest BCUT2D eigenvalue weighted by molar-refractivity contribution is 8.13. The molecule has 0 aliphatic carbocycles.